The Morgan fingerprint density at radius 1 is 1.53 bits per heavy atom. The number of halogens is 1. The van der Waals surface area contributed by atoms with E-state index in [9.17, 15) is 10.1 Å². The van der Waals surface area contributed by atoms with Crippen LogP contribution in [0.25, 0.3) is 11.3 Å². The van der Waals surface area contributed by atoms with E-state index in [1.165, 1.54) is 12.1 Å². The minimum atomic E-state index is -0.434. The average molecular weight is 345 g/mol. The van der Waals surface area contributed by atoms with Crippen LogP contribution in [-0.4, -0.2) is 10.1 Å². The van der Waals surface area contributed by atoms with Gasteiger partial charge in [0, 0.05) is 17.7 Å². The SMILES string of the molecule is Cc1cc([N+](=O)[O-])ccc1-c1onc(N)c1I. The summed E-state index contributed by atoms with van der Waals surface area (Å²) in [6.45, 7) is 1.77. The summed E-state index contributed by atoms with van der Waals surface area (Å²) in [5.74, 6) is 0.855. The summed E-state index contributed by atoms with van der Waals surface area (Å²) in [5, 5.41) is 14.3. The monoisotopic (exact) mass is 345 g/mol. The van der Waals surface area contributed by atoms with Gasteiger partial charge in [0.05, 0.1) is 4.92 Å². The molecule has 1 heterocycles. The molecule has 0 aliphatic carbocycles. The number of aromatic nitrogens is 1. The van der Waals surface area contributed by atoms with Crippen LogP contribution in [0.1, 0.15) is 5.56 Å². The van der Waals surface area contributed by atoms with E-state index in [1.54, 1.807) is 13.0 Å². The molecule has 0 amide bonds. The van der Waals surface area contributed by atoms with Gasteiger partial charge in [-0.1, -0.05) is 5.16 Å². The lowest BCUT2D eigenvalue weighted by Crippen LogP contribution is -1.91. The smallest absolute Gasteiger partial charge is 0.269 e. The van der Waals surface area contributed by atoms with Crippen LogP contribution >= 0.6 is 22.6 Å². The molecule has 0 saturated carbocycles. The topological polar surface area (TPSA) is 95.2 Å². The fraction of sp³-hybridized carbons (Fsp3) is 0.100. The third kappa shape index (κ3) is 2.09. The molecule has 1 aromatic heterocycles. The van der Waals surface area contributed by atoms with E-state index in [2.05, 4.69) is 5.16 Å². The van der Waals surface area contributed by atoms with Crippen molar-refractivity contribution in [3.05, 3.63) is 37.4 Å². The number of nitrogen functional groups attached to an aromatic ring is 1. The maximum atomic E-state index is 10.6. The number of anilines is 1. The first-order chi connectivity index (χ1) is 8.00. The van der Waals surface area contributed by atoms with Gasteiger partial charge < -0.3 is 10.3 Å². The van der Waals surface area contributed by atoms with E-state index >= 15 is 0 Å². The standard InChI is InChI=1S/C10H8IN3O3/c1-5-4-6(14(15)16)2-3-7(5)9-8(11)10(12)13-17-9/h2-4H,1H3,(H2,12,13). The molecule has 17 heavy (non-hydrogen) atoms. The Bertz CT molecular complexity index is 594. The first-order valence-corrected chi connectivity index (χ1v) is 5.74. The molecule has 0 saturated heterocycles. The fourth-order valence-corrected chi connectivity index (χ4v) is 1.96. The summed E-state index contributed by atoms with van der Waals surface area (Å²) in [6, 6.07) is 4.55. The molecule has 1 aromatic carbocycles. The van der Waals surface area contributed by atoms with Crippen molar-refractivity contribution in [2.45, 2.75) is 6.92 Å². The lowest BCUT2D eigenvalue weighted by Gasteiger charge is -2.01. The quantitative estimate of drug-likeness (QED) is 0.513. The van der Waals surface area contributed by atoms with Crippen molar-refractivity contribution in [1.29, 1.82) is 0 Å². The van der Waals surface area contributed by atoms with Crippen molar-refractivity contribution in [2.24, 2.45) is 0 Å². The van der Waals surface area contributed by atoms with Gasteiger partial charge in [-0.3, -0.25) is 10.1 Å². The van der Waals surface area contributed by atoms with Crippen LogP contribution < -0.4 is 5.73 Å². The Kier molecular flexibility index (Phi) is 3.01. The van der Waals surface area contributed by atoms with Gasteiger partial charge in [-0.05, 0) is 41.1 Å². The second-order valence-electron chi connectivity index (χ2n) is 3.47. The van der Waals surface area contributed by atoms with Crippen LogP contribution in [0.5, 0.6) is 0 Å². The molecule has 2 aromatic rings. The molecule has 7 heteroatoms. The van der Waals surface area contributed by atoms with Crippen molar-refractivity contribution < 1.29 is 9.45 Å². The molecule has 0 unspecified atom stereocenters. The molecule has 0 radical (unpaired) electrons. The van der Waals surface area contributed by atoms with Gasteiger partial charge in [-0.25, -0.2) is 0 Å². The van der Waals surface area contributed by atoms with Gasteiger partial charge in [0.1, 0.15) is 3.57 Å². The number of hydrogen-bond donors (Lipinski definition) is 1. The fourth-order valence-electron chi connectivity index (χ4n) is 1.47. The first-order valence-electron chi connectivity index (χ1n) is 4.66. The van der Waals surface area contributed by atoms with Gasteiger partial charge in [0.15, 0.2) is 11.6 Å². The van der Waals surface area contributed by atoms with Gasteiger partial charge in [-0.15, -0.1) is 0 Å². The van der Waals surface area contributed by atoms with Crippen LogP contribution in [0.2, 0.25) is 0 Å². The van der Waals surface area contributed by atoms with Crippen molar-refractivity contribution >= 4 is 34.1 Å². The molecular weight excluding hydrogens is 337 g/mol. The third-order valence-electron chi connectivity index (χ3n) is 2.32. The molecule has 0 spiro atoms. The van der Waals surface area contributed by atoms with Crippen molar-refractivity contribution in [2.75, 3.05) is 5.73 Å². The Morgan fingerprint density at radius 2 is 2.24 bits per heavy atom. The van der Waals surface area contributed by atoms with E-state index < -0.39 is 4.92 Å². The lowest BCUT2D eigenvalue weighted by molar-refractivity contribution is -0.384. The van der Waals surface area contributed by atoms with E-state index in [0.717, 1.165) is 11.1 Å². The number of non-ortho nitro benzene ring substituents is 1. The molecule has 0 bridgehead atoms. The van der Waals surface area contributed by atoms with E-state index in [0.29, 0.717) is 15.1 Å². The van der Waals surface area contributed by atoms with Gasteiger partial charge in [0.25, 0.3) is 5.69 Å². The van der Waals surface area contributed by atoms with Crippen LogP contribution in [0, 0.1) is 20.6 Å². The van der Waals surface area contributed by atoms with Crippen LogP contribution in [-0.2, 0) is 0 Å². The summed E-state index contributed by atoms with van der Waals surface area (Å²) < 4.78 is 5.82. The number of nitro benzene ring substituents is 1. The highest BCUT2D eigenvalue weighted by Crippen LogP contribution is 2.32. The molecule has 0 aliphatic rings. The molecule has 2 rings (SSSR count). The second kappa shape index (κ2) is 4.32. The number of nitro groups is 1. The van der Waals surface area contributed by atoms with Crippen LogP contribution in [0.3, 0.4) is 0 Å². The molecule has 2 N–H and O–H groups in total. The molecule has 88 valence electrons. The second-order valence-corrected chi connectivity index (χ2v) is 4.55. The number of rotatable bonds is 2. The minimum absolute atomic E-state index is 0.0498. The zero-order valence-electron chi connectivity index (χ0n) is 8.81. The summed E-state index contributed by atoms with van der Waals surface area (Å²) in [5.41, 5.74) is 7.13. The van der Waals surface area contributed by atoms with Gasteiger partial charge in [-0.2, -0.15) is 0 Å². The number of nitrogens with zero attached hydrogens (tertiary/aromatic N) is 2. The zero-order valence-corrected chi connectivity index (χ0v) is 11.0. The summed E-state index contributed by atoms with van der Waals surface area (Å²) in [6.07, 6.45) is 0. The van der Waals surface area contributed by atoms with Crippen molar-refractivity contribution in [1.82, 2.24) is 5.16 Å². The number of nitrogens with two attached hydrogens (primary N) is 1. The highest BCUT2D eigenvalue weighted by atomic mass is 127. The number of aryl methyl sites for hydroxylation is 1. The Hall–Kier alpha value is -1.64. The maximum absolute atomic E-state index is 10.6. The van der Waals surface area contributed by atoms with E-state index in [1.807, 2.05) is 22.6 Å². The maximum Gasteiger partial charge on any atom is 0.269 e. The Morgan fingerprint density at radius 3 is 2.71 bits per heavy atom. The predicted molar refractivity (Wildman–Crippen MR) is 70.5 cm³/mol. The first kappa shape index (κ1) is 11.8. The van der Waals surface area contributed by atoms with Gasteiger partial charge >= 0.3 is 0 Å². The predicted octanol–water partition coefficient (Wildman–Crippen LogP) is 2.75. The summed E-state index contributed by atoms with van der Waals surface area (Å²) in [4.78, 5) is 10.2. The molecule has 6 nitrogen and oxygen atoms in total. The minimum Gasteiger partial charge on any atom is -0.380 e. The summed E-state index contributed by atoms with van der Waals surface area (Å²) in [7, 11) is 0. The largest absolute Gasteiger partial charge is 0.380 e. The summed E-state index contributed by atoms with van der Waals surface area (Å²) >= 11 is 2.03. The van der Waals surface area contributed by atoms with Crippen molar-refractivity contribution in [3.63, 3.8) is 0 Å². The molecular formula is C10H8IN3O3. The molecule has 0 aliphatic heterocycles. The Labute approximate surface area is 110 Å². The zero-order chi connectivity index (χ0) is 12.6. The molecule has 0 fully saturated rings. The van der Waals surface area contributed by atoms with Crippen molar-refractivity contribution in [3.8, 4) is 11.3 Å². The highest BCUT2D eigenvalue weighted by Gasteiger charge is 2.17. The normalized spacial score (nSPS) is 10.5. The number of hydrogen-bond acceptors (Lipinski definition) is 5. The lowest BCUT2D eigenvalue weighted by atomic mass is 10.1. The van der Waals surface area contributed by atoms with E-state index in [4.69, 9.17) is 10.3 Å². The van der Waals surface area contributed by atoms with Crippen LogP contribution in [0.4, 0.5) is 11.5 Å². The highest BCUT2D eigenvalue weighted by molar-refractivity contribution is 14.1. The van der Waals surface area contributed by atoms with E-state index in [-0.39, 0.29) is 5.69 Å². The Balaban J connectivity index is 2.54. The third-order valence-corrected chi connectivity index (χ3v) is 3.37. The average Bonchev–Trinajstić information content (AvgIpc) is 2.60. The molecule has 0 atom stereocenters. The number of benzene rings is 1. The van der Waals surface area contributed by atoms with Crippen LogP contribution in [0.15, 0.2) is 22.7 Å². The van der Waals surface area contributed by atoms with Gasteiger partial charge in [0.2, 0.25) is 0 Å².